The molecule has 1 aliphatic rings. The first-order valence-corrected chi connectivity index (χ1v) is 7.68. The number of nitriles is 1. The van der Waals surface area contributed by atoms with Gasteiger partial charge in [-0.25, -0.2) is 0 Å². The monoisotopic (exact) mass is 298 g/mol. The van der Waals surface area contributed by atoms with E-state index >= 15 is 0 Å². The van der Waals surface area contributed by atoms with Crippen molar-refractivity contribution < 1.29 is 9.59 Å². The van der Waals surface area contributed by atoms with Crippen LogP contribution in [0.5, 0.6) is 0 Å². The van der Waals surface area contributed by atoms with Gasteiger partial charge in [0, 0.05) is 18.4 Å². The van der Waals surface area contributed by atoms with Crippen LogP contribution in [0, 0.1) is 22.7 Å². The average molecular weight is 298 g/mol. The molecule has 1 N–H and O–H groups in total. The topological polar surface area (TPSA) is 70.0 Å². The van der Waals surface area contributed by atoms with E-state index in [9.17, 15) is 9.59 Å². The van der Waals surface area contributed by atoms with Gasteiger partial charge in [0.05, 0.1) is 6.07 Å². The zero-order chi connectivity index (χ0) is 16.2. The molecule has 0 heterocycles. The van der Waals surface area contributed by atoms with E-state index in [0.717, 1.165) is 12.8 Å². The van der Waals surface area contributed by atoms with Crippen molar-refractivity contribution >= 4 is 11.7 Å². The summed E-state index contributed by atoms with van der Waals surface area (Å²) in [6, 6.07) is 10.9. The van der Waals surface area contributed by atoms with Crippen LogP contribution in [0.15, 0.2) is 30.3 Å². The molecule has 0 saturated heterocycles. The van der Waals surface area contributed by atoms with Crippen molar-refractivity contribution in [3.05, 3.63) is 35.9 Å². The van der Waals surface area contributed by atoms with Crippen LogP contribution in [0.1, 0.15) is 49.9 Å². The van der Waals surface area contributed by atoms with E-state index in [1.54, 1.807) is 12.1 Å². The smallest absolute Gasteiger partial charge is 0.221 e. The molecular formula is C18H22N2O2. The molecule has 116 valence electrons. The highest BCUT2D eigenvalue weighted by Gasteiger charge is 2.33. The SMILES string of the molecule is CC(C)(CC(=O)N[C@H](C#N)C1CC1)CC(=O)c1ccccc1. The highest BCUT2D eigenvalue weighted by atomic mass is 16.1. The van der Waals surface area contributed by atoms with Crippen LogP contribution in [0.25, 0.3) is 0 Å². The lowest BCUT2D eigenvalue weighted by Crippen LogP contribution is -2.38. The lowest BCUT2D eigenvalue weighted by molar-refractivity contribution is -0.123. The summed E-state index contributed by atoms with van der Waals surface area (Å²) < 4.78 is 0. The van der Waals surface area contributed by atoms with Gasteiger partial charge in [-0.15, -0.1) is 0 Å². The van der Waals surface area contributed by atoms with Crippen LogP contribution in [0.2, 0.25) is 0 Å². The molecule has 1 fully saturated rings. The van der Waals surface area contributed by atoms with E-state index in [0.29, 0.717) is 17.9 Å². The van der Waals surface area contributed by atoms with E-state index < -0.39 is 5.41 Å². The normalized spacial score (nSPS) is 15.7. The molecule has 0 aromatic heterocycles. The molecule has 0 bridgehead atoms. The second kappa shape index (κ2) is 6.74. The van der Waals surface area contributed by atoms with Gasteiger partial charge in [-0.05, 0) is 24.2 Å². The van der Waals surface area contributed by atoms with Crippen molar-refractivity contribution in [2.45, 2.75) is 45.6 Å². The lowest BCUT2D eigenvalue weighted by atomic mass is 9.82. The van der Waals surface area contributed by atoms with E-state index in [-0.39, 0.29) is 24.2 Å². The highest BCUT2D eigenvalue weighted by molar-refractivity contribution is 5.96. The molecule has 1 amide bonds. The van der Waals surface area contributed by atoms with Crippen molar-refractivity contribution in [2.24, 2.45) is 11.3 Å². The highest BCUT2D eigenvalue weighted by Crippen LogP contribution is 2.33. The van der Waals surface area contributed by atoms with Gasteiger partial charge in [-0.3, -0.25) is 9.59 Å². The molecule has 0 radical (unpaired) electrons. The Hall–Kier alpha value is -2.15. The van der Waals surface area contributed by atoms with Gasteiger partial charge >= 0.3 is 0 Å². The molecule has 1 aromatic rings. The second-order valence-electron chi connectivity index (χ2n) is 6.82. The molecule has 0 spiro atoms. The maximum atomic E-state index is 12.3. The molecular weight excluding hydrogens is 276 g/mol. The summed E-state index contributed by atoms with van der Waals surface area (Å²) in [4.78, 5) is 24.4. The number of ketones is 1. The predicted octanol–water partition coefficient (Wildman–Crippen LogP) is 3.09. The molecule has 4 nitrogen and oxygen atoms in total. The number of hydrogen-bond donors (Lipinski definition) is 1. The second-order valence-corrected chi connectivity index (χ2v) is 6.82. The largest absolute Gasteiger partial charge is 0.340 e. The lowest BCUT2D eigenvalue weighted by Gasteiger charge is -2.24. The van der Waals surface area contributed by atoms with E-state index in [4.69, 9.17) is 5.26 Å². The number of rotatable bonds is 7. The number of carbonyl (C=O) groups excluding carboxylic acids is 2. The molecule has 1 aliphatic carbocycles. The van der Waals surface area contributed by atoms with Crippen molar-refractivity contribution in [2.75, 3.05) is 0 Å². The first kappa shape index (κ1) is 16.2. The standard InChI is InChI=1S/C18H22N2O2/c1-18(2,10-16(21)14-6-4-3-5-7-14)11-17(22)20-15(12-19)13-8-9-13/h3-7,13,15H,8-11H2,1-2H3,(H,20,22)/t15-/m1/s1. The number of Topliss-reactive ketones (excluding diaryl/α,β-unsaturated/α-hetero) is 1. The Bertz CT molecular complexity index is 583. The van der Waals surface area contributed by atoms with Gasteiger partial charge in [0.2, 0.25) is 5.91 Å². The van der Waals surface area contributed by atoms with Crippen molar-refractivity contribution in [1.82, 2.24) is 5.32 Å². The first-order chi connectivity index (χ1) is 10.4. The fraction of sp³-hybridized carbons (Fsp3) is 0.500. The van der Waals surface area contributed by atoms with Gasteiger partial charge < -0.3 is 5.32 Å². The summed E-state index contributed by atoms with van der Waals surface area (Å²) in [5, 5.41) is 11.8. The summed E-state index contributed by atoms with van der Waals surface area (Å²) in [6.07, 6.45) is 2.57. The van der Waals surface area contributed by atoms with E-state index in [1.807, 2.05) is 32.0 Å². The Morgan fingerprint density at radius 1 is 1.27 bits per heavy atom. The first-order valence-electron chi connectivity index (χ1n) is 7.68. The van der Waals surface area contributed by atoms with Crippen LogP contribution in [0.4, 0.5) is 0 Å². The summed E-state index contributed by atoms with van der Waals surface area (Å²) in [5.74, 6) is 0.199. The third kappa shape index (κ3) is 4.70. The number of benzene rings is 1. The Kier molecular flexibility index (Phi) is 4.97. The Labute approximate surface area is 131 Å². The van der Waals surface area contributed by atoms with Gasteiger partial charge in [0.25, 0.3) is 0 Å². The van der Waals surface area contributed by atoms with Crippen LogP contribution < -0.4 is 5.32 Å². The van der Waals surface area contributed by atoms with Crippen LogP contribution in [0.3, 0.4) is 0 Å². The summed E-state index contributed by atoms with van der Waals surface area (Å²) >= 11 is 0. The van der Waals surface area contributed by atoms with Crippen LogP contribution >= 0.6 is 0 Å². The van der Waals surface area contributed by atoms with Crippen LogP contribution in [-0.2, 0) is 4.79 Å². The number of hydrogen-bond acceptors (Lipinski definition) is 3. The molecule has 22 heavy (non-hydrogen) atoms. The fourth-order valence-electron chi connectivity index (χ4n) is 2.57. The minimum Gasteiger partial charge on any atom is -0.340 e. The molecule has 2 rings (SSSR count). The Morgan fingerprint density at radius 2 is 1.91 bits per heavy atom. The van der Waals surface area contributed by atoms with Gasteiger partial charge in [-0.2, -0.15) is 5.26 Å². The summed E-state index contributed by atoms with van der Waals surface area (Å²) in [6.45, 7) is 3.82. The van der Waals surface area contributed by atoms with Gasteiger partial charge in [0.15, 0.2) is 5.78 Å². The third-order valence-electron chi connectivity index (χ3n) is 3.92. The average Bonchev–Trinajstić information content (AvgIpc) is 3.29. The Balaban J connectivity index is 1.88. The van der Waals surface area contributed by atoms with Crippen molar-refractivity contribution in [3.8, 4) is 6.07 Å². The zero-order valence-corrected chi connectivity index (χ0v) is 13.1. The fourth-order valence-corrected chi connectivity index (χ4v) is 2.57. The molecule has 1 aromatic carbocycles. The number of amides is 1. The Morgan fingerprint density at radius 3 is 2.45 bits per heavy atom. The van der Waals surface area contributed by atoms with Crippen LogP contribution in [-0.4, -0.2) is 17.7 Å². The number of nitrogens with zero attached hydrogens (tertiary/aromatic N) is 1. The maximum absolute atomic E-state index is 12.3. The van der Waals surface area contributed by atoms with E-state index in [2.05, 4.69) is 11.4 Å². The molecule has 4 heteroatoms. The van der Waals surface area contributed by atoms with Gasteiger partial charge in [-0.1, -0.05) is 44.2 Å². The zero-order valence-electron chi connectivity index (χ0n) is 13.1. The van der Waals surface area contributed by atoms with Gasteiger partial charge in [0.1, 0.15) is 6.04 Å². The molecule has 0 aliphatic heterocycles. The number of nitrogens with one attached hydrogen (secondary N) is 1. The maximum Gasteiger partial charge on any atom is 0.221 e. The minimum atomic E-state index is -0.430. The quantitative estimate of drug-likeness (QED) is 0.786. The molecule has 1 atom stereocenters. The van der Waals surface area contributed by atoms with Crippen molar-refractivity contribution in [1.29, 1.82) is 5.26 Å². The summed E-state index contributed by atoms with van der Waals surface area (Å²) in [7, 11) is 0. The molecule has 0 unspecified atom stereocenters. The molecule has 1 saturated carbocycles. The number of carbonyl (C=O) groups is 2. The predicted molar refractivity (Wildman–Crippen MR) is 84.1 cm³/mol. The third-order valence-corrected chi connectivity index (χ3v) is 3.92. The minimum absolute atomic E-state index is 0.0393. The summed E-state index contributed by atoms with van der Waals surface area (Å²) in [5.41, 5.74) is 0.240. The van der Waals surface area contributed by atoms with E-state index in [1.165, 1.54) is 0 Å². The van der Waals surface area contributed by atoms with Crippen molar-refractivity contribution in [3.63, 3.8) is 0 Å².